The molecule has 1 amide bonds. The summed E-state index contributed by atoms with van der Waals surface area (Å²) in [5.41, 5.74) is 0.840. The third kappa shape index (κ3) is 4.54. The number of sulfonamides is 1. The summed E-state index contributed by atoms with van der Waals surface area (Å²) < 4.78 is 24.3. The molecule has 0 saturated heterocycles. The van der Waals surface area contributed by atoms with Gasteiger partial charge in [0.05, 0.1) is 22.5 Å². The van der Waals surface area contributed by atoms with Gasteiger partial charge in [0.1, 0.15) is 0 Å². The maximum atomic E-state index is 12.4. The Kier molecular flexibility index (Phi) is 5.65. The van der Waals surface area contributed by atoms with Crippen LogP contribution < -0.4 is 9.62 Å². The average molecular weight is 408 g/mol. The Labute approximate surface area is 155 Å². The molecule has 0 heterocycles. The molecule has 0 atom stereocenters. The molecule has 2 aromatic carbocycles. The van der Waals surface area contributed by atoms with Gasteiger partial charge in [0.25, 0.3) is 5.91 Å². The summed E-state index contributed by atoms with van der Waals surface area (Å²) >= 11 is 17.8. The molecule has 2 rings (SSSR count). The lowest BCUT2D eigenvalue weighted by Crippen LogP contribution is -2.25. The van der Waals surface area contributed by atoms with Crippen LogP contribution in [0.5, 0.6) is 0 Å². The summed E-state index contributed by atoms with van der Waals surface area (Å²) in [6, 6.07) is 8.96. The molecule has 0 aromatic heterocycles. The summed E-state index contributed by atoms with van der Waals surface area (Å²) in [7, 11) is -2.07. The van der Waals surface area contributed by atoms with E-state index in [4.69, 9.17) is 34.8 Å². The van der Waals surface area contributed by atoms with E-state index in [1.165, 1.54) is 43.4 Å². The van der Waals surface area contributed by atoms with Gasteiger partial charge < -0.3 is 5.32 Å². The van der Waals surface area contributed by atoms with E-state index in [1.54, 1.807) is 0 Å². The Balaban J connectivity index is 2.35. The molecule has 0 bridgehead atoms. The highest BCUT2D eigenvalue weighted by Crippen LogP contribution is 2.27. The van der Waals surface area contributed by atoms with Gasteiger partial charge in [-0.05, 0) is 36.4 Å². The van der Waals surface area contributed by atoms with Gasteiger partial charge in [-0.15, -0.1) is 0 Å². The summed E-state index contributed by atoms with van der Waals surface area (Å²) in [4.78, 5) is 12.4. The second-order valence-electron chi connectivity index (χ2n) is 5.01. The maximum Gasteiger partial charge on any atom is 0.257 e. The molecule has 0 fully saturated rings. The molecule has 2 aromatic rings. The SMILES string of the molecule is CN(c1ccc(Cl)c(C(=O)Nc2cc(Cl)cc(Cl)c2)c1)S(C)(=O)=O. The Morgan fingerprint density at radius 3 is 2.17 bits per heavy atom. The van der Waals surface area contributed by atoms with Gasteiger partial charge in [0.2, 0.25) is 10.0 Å². The third-order valence-electron chi connectivity index (χ3n) is 3.18. The molecule has 0 aliphatic rings. The van der Waals surface area contributed by atoms with E-state index < -0.39 is 15.9 Å². The summed E-state index contributed by atoms with van der Waals surface area (Å²) in [5, 5.41) is 3.55. The molecule has 0 spiro atoms. The topological polar surface area (TPSA) is 66.5 Å². The molecule has 1 N–H and O–H groups in total. The number of amides is 1. The van der Waals surface area contributed by atoms with Gasteiger partial charge in [-0.25, -0.2) is 8.42 Å². The fourth-order valence-electron chi connectivity index (χ4n) is 1.90. The number of nitrogens with zero attached hydrogens (tertiary/aromatic N) is 1. The van der Waals surface area contributed by atoms with Crippen molar-refractivity contribution in [3.8, 4) is 0 Å². The smallest absolute Gasteiger partial charge is 0.257 e. The first-order chi connectivity index (χ1) is 11.1. The minimum absolute atomic E-state index is 0.126. The van der Waals surface area contributed by atoms with Crippen LogP contribution in [-0.2, 0) is 10.0 Å². The Morgan fingerprint density at radius 1 is 1.04 bits per heavy atom. The maximum absolute atomic E-state index is 12.4. The molecule has 128 valence electrons. The second-order valence-corrected chi connectivity index (χ2v) is 8.30. The number of nitrogens with one attached hydrogen (secondary N) is 1. The first kappa shape index (κ1) is 18.9. The normalized spacial score (nSPS) is 11.2. The van der Waals surface area contributed by atoms with E-state index in [0.717, 1.165) is 10.6 Å². The van der Waals surface area contributed by atoms with Crippen molar-refractivity contribution in [1.29, 1.82) is 0 Å². The van der Waals surface area contributed by atoms with Gasteiger partial charge in [0.15, 0.2) is 0 Å². The number of anilines is 2. The summed E-state index contributed by atoms with van der Waals surface area (Å²) in [6.07, 6.45) is 1.06. The van der Waals surface area contributed by atoms with Gasteiger partial charge >= 0.3 is 0 Å². The molecule has 0 unspecified atom stereocenters. The molecule has 0 aliphatic heterocycles. The highest BCUT2D eigenvalue weighted by molar-refractivity contribution is 7.92. The highest BCUT2D eigenvalue weighted by Gasteiger charge is 2.17. The van der Waals surface area contributed by atoms with Crippen molar-refractivity contribution in [3.63, 3.8) is 0 Å². The molecule has 5 nitrogen and oxygen atoms in total. The van der Waals surface area contributed by atoms with Crippen LogP contribution in [0.4, 0.5) is 11.4 Å². The average Bonchev–Trinajstić information content (AvgIpc) is 2.44. The molecule has 9 heteroatoms. The van der Waals surface area contributed by atoms with Crippen LogP contribution in [0.15, 0.2) is 36.4 Å². The molecule has 0 saturated carbocycles. The van der Waals surface area contributed by atoms with Crippen molar-refractivity contribution in [2.75, 3.05) is 22.9 Å². The fraction of sp³-hybridized carbons (Fsp3) is 0.133. The summed E-state index contributed by atoms with van der Waals surface area (Å²) in [6.45, 7) is 0. The molecular weight excluding hydrogens is 395 g/mol. The zero-order valence-electron chi connectivity index (χ0n) is 12.7. The Bertz CT molecular complexity index is 881. The lowest BCUT2D eigenvalue weighted by atomic mass is 10.1. The minimum atomic E-state index is -3.46. The van der Waals surface area contributed by atoms with E-state index in [2.05, 4.69) is 5.32 Å². The molecule has 0 aliphatic carbocycles. The van der Waals surface area contributed by atoms with Crippen LogP contribution in [0, 0.1) is 0 Å². The number of carbonyl (C=O) groups is 1. The Hall–Kier alpha value is -1.47. The zero-order valence-corrected chi connectivity index (χ0v) is 15.8. The first-order valence-corrected chi connectivity index (χ1v) is 9.57. The number of hydrogen-bond acceptors (Lipinski definition) is 3. The van der Waals surface area contributed by atoms with E-state index in [9.17, 15) is 13.2 Å². The number of rotatable bonds is 4. The standard InChI is InChI=1S/C15H13Cl3N2O3S/c1-20(24(2,22)23)12-3-4-14(18)13(8-12)15(21)19-11-6-9(16)5-10(17)7-11/h3-8H,1-2H3,(H,19,21). The van der Waals surface area contributed by atoms with E-state index in [-0.39, 0.29) is 10.6 Å². The Morgan fingerprint density at radius 2 is 1.62 bits per heavy atom. The number of carbonyl (C=O) groups excluding carboxylic acids is 1. The number of benzene rings is 2. The van der Waals surface area contributed by atoms with Gasteiger partial charge in [-0.3, -0.25) is 9.10 Å². The van der Waals surface area contributed by atoms with Crippen LogP contribution in [-0.4, -0.2) is 27.6 Å². The lowest BCUT2D eigenvalue weighted by molar-refractivity contribution is 0.102. The van der Waals surface area contributed by atoms with Crippen molar-refractivity contribution >= 4 is 62.1 Å². The minimum Gasteiger partial charge on any atom is -0.322 e. The third-order valence-corrected chi connectivity index (χ3v) is 5.15. The van der Waals surface area contributed by atoms with Crippen molar-refractivity contribution in [1.82, 2.24) is 0 Å². The van der Waals surface area contributed by atoms with E-state index in [0.29, 0.717) is 21.4 Å². The van der Waals surface area contributed by atoms with E-state index >= 15 is 0 Å². The lowest BCUT2D eigenvalue weighted by Gasteiger charge is -2.18. The van der Waals surface area contributed by atoms with Crippen molar-refractivity contribution in [3.05, 3.63) is 57.0 Å². The van der Waals surface area contributed by atoms with Crippen molar-refractivity contribution in [2.45, 2.75) is 0 Å². The van der Waals surface area contributed by atoms with Crippen molar-refractivity contribution in [2.24, 2.45) is 0 Å². The predicted octanol–water partition coefficient (Wildman–Crippen LogP) is 4.29. The predicted molar refractivity (Wildman–Crippen MR) is 99.1 cm³/mol. The van der Waals surface area contributed by atoms with E-state index in [1.807, 2.05) is 0 Å². The van der Waals surface area contributed by atoms with Crippen LogP contribution in [0.25, 0.3) is 0 Å². The van der Waals surface area contributed by atoms with Gasteiger partial charge in [-0.2, -0.15) is 0 Å². The zero-order chi connectivity index (χ0) is 18.1. The van der Waals surface area contributed by atoms with Crippen LogP contribution in [0.3, 0.4) is 0 Å². The van der Waals surface area contributed by atoms with Gasteiger partial charge in [-0.1, -0.05) is 34.8 Å². The van der Waals surface area contributed by atoms with Crippen molar-refractivity contribution < 1.29 is 13.2 Å². The summed E-state index contributed by atoms with van der Waals surface area (Å²) in [5.74, 6) is -0.512. The quantitative estimate of drug-likeness (QED) is 0.822. The molecule has 24 heavy (non-hydrogen) atoms. The highest BCUT2D eigenvalue weighted by atomic mass is 35.5. The largest absolute Gasteiger partial charge is 0.322 e. The fourth-order valence-corrected chi connectivity index (χ4v) is 3.12. The van der Waals surface area contributed by atoms with Crippen LogP contribution in [0.1, 0.15) is 10.4 Å². The van der Waals surface area contributed by atoms with Crippen LogP contribution >= 0.6 is 34.8 Å². The second kappa shape index (κ2) is 7.19. The number of halogens is 3. The molecular formula is C15H13Cl3N2O3S. The van der Waals surface area contributed by atoms with Crippen LogP contribution in [0.2, 0.25) is 15.1 Å². The van der Waals surface area contributed by atoms with Gasteiger partial charge in [0, 0.05) is 22.8 Å². The first-order valence-electron chi connectivity index (χ1n) is 6.59. The monoisotopic (exact) mass is 406 g/mol. The number of hydrogen-bond donors (Lipinski definition) is 1. The molecule has 0 radical (unpaired) electrons.